The zero-order valence-electron chi connectivity index (χ0n) is 13.4. The van der Waals surface area contributed by atoms with E-state index in [0.29, 0.717) is 17.3 Å². The monoisotopic (exact) mass is 348 g/mol. The first-order valence-corrected chi connectivity index (χ1v) is 7.67. The van der Waals surface area contributed by atoms with E-state index < -0.39 is 35.2 Å². The molecule has 0 spiro atoms. The van der Waals surface area contributed by atoms with Crippen LogP contribution in [-0.4, -0.2) is 18.4 Å². The second-order valence-corrected chi connectivity index (χ2v) is 5.95. The summed E-state index contributed by atoms with van der Waals surface area (Å²) < 4.78 is 40.2. The van der Waals surface area contributed by atoms with E-state index in [4.69, 9.17) is 0 Å². The topological polar surface area (TPSA) is 49.4 Å². The van der Waals surface area contributed by atoms with Gasteiger partial charge in [0.1, 0.15) is 17.5 Å². The minimum absolute atomic E-state index is 0.0262. The molecule has 2 amide bonds. The lowest BCUT2D eigenvalue weighted by Crippen LogP contribution is -2.29. The number of carbonyl (C=O) groups is 2. The highest BCUT2D eigenvalue weighted by atomic mass is 19.1. The molecule has 1 aliphatic rings. The SMILES string of the molecule is Cc1ccc(F)cc1NC(=O)C1CC(=O)N(c2ccc(F)cc2F)C1. The lowest BCUT2D eigenvalue weighted by molar-refractivity contribution is -0.122. The van der Waals surface area contributed by atoms with Gasteiger partial charge in [0.25, 0.3) is 0 Å². The Kier molecular flexibility index (Phi) is 4.48. The normalized spacial score (nSPS) is 17.0. The lowest BCUT2D eigenvalue weighted by Gasteiger charge is -2.17. The van der Waals surface area contributed by atoms with Gasteiger partial charge in [-0.25, -0.2) is 13.2 Å². The van der Waals surface area contributed by atoms with Crippen molar-refractivity contribution in [3.63, 3.8) is 0 Å². The van der Waals surface area contributed by atoms with Crippen molar-refractivity contribution in [1.29, 1.82) is 0 Å². The molecule has 1 N–H and O–H groups in total. The second kappa shape index (κ2) is 6.58. The quantitative estimate of drug-likeness (QED) is 0.924. The number of rotatable bonds is 3. The molecule has 0 aromatic heterocycles. The Balaban J connectivity index is 1.75. The Hall–Kier alpha value is -2.83. The molecule has 2 aromatic rings. The molecule has 1 fully saturated rings. The zero-order chi connectivity index (χ0) is 18.1. The number of carbonyl (C=O) groups excluding carboxylic acids is 2. The third-order valence-corrected chi connectivity index (χ3v) is 4.15. The maximum absolute atomic E-state index is 13.9. The maximum atomic E-state index is 13.9. The van der Waals surface area contributed by atoms with Gasteiger partial charge in [-0.15, -0.1) is 0 Å². The van der Waals surface area contributed by atoms with Crippen LogP contribution in [0.1, 0.15) is 12.0 Å². The van der Waals surface area contributed by atoms with Gasteiger partial charge in [-0.1, -0.05) is 6.07 Å². The highest BCUT2D eigenvalue weighted by molar-refractivity contribution is 6.03. The van der Waals surface area contributed by atoms with E-state index in [1.54, 1.807) is 6.92 Å². The van der Waals surface area contributed by atoms with Crippen molar-refractivity contribution in [3.8, 4) is 0 Å². The van der Waals surface area contributed by atoms with Gasteiger partial charge in [-0.3, -0.25) is 9.59 Å². The van der Waals surface area contributed by atoms with E-state index in [2.05, 4.69) is 5.32 Å². The van der Waals surface area contributed by atoms with Crippen molar-refractivity contribution < 1.29 is 22.8 Å². The van der Waals surface area contributed by atoms with Gasteiger partial charge in [0.15, 0.2) is 0 Å². The van der Waals surface area contributed by atoms with Gasteiger partial charge >= 0.3 is 0 Å². The molecule has 2 aromatic carbocycles. The predicted octanol–water partition coefficient (Wildman–Crippen LogP) is 3.40. The Morgan fingerprint density at radius 2 is 1.80 bits per heavy atom. The van der Waals surface area contributed by atoms with Crippen LogP contribution in [0.15, 0.2) is 36.4 Å². The van der Waals surface area contributed by atoms with Crippen molar-refractivity contribution in [2.75, 3.05) is 16.8 Å². The Bertz CT molecular complexity index is 854. The smallest absolute Gasteiger partial charge is 0.229 e. The van der Waals surface area contributed by atoms with Gasteiger partial charge in [-0.05, 0) is 36.8 Å². The molecule has 0 bridgehead atoms. The first kappa shape index (κ1) is 17.0. The lowest BCUT2D eigenvalue weighted by atomic mass is 10.1. The first-order chi connectivity index (χ1) is 11.8. The number of nitrogens with one attached hydrogen (secondary N) is 1. The number of aryl methyl sites for hydroxylation is 1. The summed E-state index contributed by atoms with van der Waals surface area (Å²) >= 11 is 0. The summed E-state index contributed by atoms with van der Waals surface area (Å²) in [5, 5.41) is 2.60. The maximum Gasteiger partial charge on any atom is 0.229 e. The largest absolute Gasteiger partial charge is 0.325 e. The summed E-state index contributed by atoms with van der Waals surface area (Å²) in [4.78, 5) is 25.6. The number of nitrogens with zero attached hydrogens (tertiary/aromatic N) is 1. The van der Waals surface area contributed by atoms with Crippen molar-refractivity contribution in [1.82, 2.24) is 0 Å². The minimum atomic E-state index is -0.865. The molecule has 1 heterocycles. The number of halogens is 3. The van der Waals surface area contributed by atoms with Crippen molar-refractivity contribution in [2.24, 2.45) is 5.92 Å². The average Bonchev–Trinajstić information content (AvgIpc) is 2.93. The van der Waals surface area contributed by atoms with Crippen LogP contribution in [0.5, 0.6) is 0 Å². The fourth-order valence-corrected chi connectivity index (χ4v) is 2.78. The van der Waals surface area contributed by atoms with Crippen LogP contribution >= 0.6 is 0 Å². The predicted molar refractivity (Wildman–Crippen MR) is 86.6 cm³/mol. The third-order valence-electron chi connectivity index (χ3n) is 4.15. The summed E-state index contributed by atoms with van der Waals surface area (Å²) in [6.45, 7) is 1.69. The number of hydrogen-bond donors (Lipinski definition) is 1. The van der Waals surface area contributed by atoms with Gasteiger partial charge in [-0.2, -0.15) is 0 Å². The van der Waals surface area contributed by atoms with Crippen LogP contribution in [0.2, 0.25) is 0 Å². The molecule has 130 valence electrons. The fourth-order valence-electron chi connectivity index (χ4n) is 2.78. The van der Waals surface area contributed by atoms with Crippen LogP contribution in [0, 0.1) is 30.3 Å². The molecule has 1 saturated heterocycles. The van der Waals surface area contributed by atoms with E-state index in [1.807, 2.05) is 0 Å². The van der Waals surface area contributed by atoms with Crippen molar-refractivity contribution >= 4 is 23.2 Å². The van der Waals surface area contributed by atoms with E-state index in [-0.39, 0.29) is 18.7 Å². The molecule has 1 unspecified atom stereocenters. The third kappa shape index (κ3) is 3.50. The highest BCUT2D eigenvalue weighted by Gasteiger charge is 2.36. The van der Waals surface area contributed by atoms with Crippen LogP contribution in [0.4, 0.5) is 24.5 Å². The fraction of sp³-hybridized carbons (Fsp3) is 0.222. The molecule has 1 aliphatic heterocycles. The average molecular weight is 348 g/mol. The van der Waals surface area contributed by atoms with Crippen LogP contribution < -0.4 is 10.2 Å². The molecule has 0 radical (unpaired) electrons. The minimum Gasteiger partial charge on any atom is -0.325 e. The Morgan fingerprint density at radius 1 is 1.12 bits per heavy atom. The highest BCUT2D eigenvalue weighted by Crippen LogP contribution is 2.29. The number of hydrogen-bond acceptors (Lipinski definition) is 2. The molecule has 4 nitrogen and oxygen atoms in total. The van der Waals surface area contributed by atoms with Crippen molar-refractivity contribution in [3.05, 3.63) is 59.4 Å². The molecular formula is C18H15F3N2O2. The van der Waals surface area contributed by atoms with E-state index >= 15 is 0 Å². The standard InChI is InChI=1S/C18H15F3N2O2/c1-10-2-3-13(20)8-15(10)22-18(25)11-6-17(24)23(9-11)16-5-4-12(19)7-14(16)21/h2-5,7-8,11H,6,9H2,1H3,(H,22,25). The van der Waals surface area contributed by atoms with Gasteiger partial charge in [0.2, 0.25) is 11.8 Å². The van der Waals surface area contributed by atoms with Gasteiger partial charge in [0.05, 0.1) is 11.6 Å². The van der Waals surface area contributed by atoms with Gasteiger partial charge < -0.3 is 10.2 Å². The van der Waals surface area contributed by atoms with E-state index in [0.717, 1.165) is 11.0 Å². The molecule has 1 atom stereocenters. The molecule has 0 aliphatic carbocycles. The molecular weight excluding hydrogens is 333 g/mol. The Labute approximate surface area is 142 Å². The summed E-state index contributed by atoms with van der Waals surface area (Å²) in [6, 6.07) is 6.91. The number of anilines is 2. The first-order valence-electron chi connectivity index (χ1n) is 7.67. The van der Waals surface area contributed by atoms with E-state index in [9.17, 15) is 22.8 Å². The van der Waals surface area contributed by atoms with Crippen molar-refractivity contribution in [2.45, 2.75) is 13.3 Å². The van der Waals surface area contributed by atoms with Gasteiger partial charge in [0, 0.05) is 24.7 Å². The summed E-state index contributed by atoms with van der Waals surface area (Å²) in [7, 11) is 0. The van der Waals surface area contributed by atoms with E-state index in [1.165, 1.54) is 24.3 Å². The summed E-state index contributed by atoms with van der Waals surface area (Å²) in [6.07, 6.45) is -0.100. The molecule has 3 rings (SSSR count). The Morgan fingerprint density at radius 3 is 2.52 bits per heavy atom. The van der Waals surface area contributed by atoms with Crippen LogP contribution in [0.25, 0.3) is 0 Å². The molecule has 7 heteroatoms. The van der Waals surface area contributed by atoms with Crippen LogP contribution in [-0.2, 0) is 9.59 Å². The number of amides is 2. The molecule has 25 heavy (non-hydrogen) atoms. The van der Waals surface area contributed by atoms with Crippen LogP contribution in [0.3, 0.4) is 0 Å². The summed E-state index contributed by atoms with van der Waals surface area (Å²) in [5.74, 6) is -3.69. The summed E-state index contributed by atoms with van der Waals surface area (Å²) in [5.41, 5.74) is 0.938. The molecule has 0 saturated carbocycles. The zero-order valence-corrected chi connectivity index (χ0v) is 13.4. The second-order valence-electron chi connectivity index (χ2n) is 5.95. The number of benzene rings is 2.